The molecule has 11 rings (SSSR count). The Morgan fingerprint density at radius 1 is 0.712 bits per heavy atom. The van der Waals surface area contributed by atoms with Gasteiger partial charge in [-0.2, -0.15) is 5.26 Å². The van der Waals surface area contributed by atoms with E-state index in [2.05, 4.69) is 19.9 Å². The van der Waals surface area contributed by atoms with Crippen molar-refractivity contribution in [2.45, 2.75) is 207 Å². The van der Waals surface area contributed by atoms with Crippen LogP contribution in [0.2, 0.25) is 0 Å². The molecule has 330 valence electrons. The second-order valence-electron chi connectivity index (χ2n) is 23.2. The maximum absolute atomic E-state index is 12.5. The van der Waals surface area contributed by atoms with Gasteiger partial charge in [-0.25, -0.2) is 0 Å². The molecule has 10 saturated carbocycles. The summed E-state index contributed by atoms with van der Waals surface area (Å²) in [5, 5.41) is 30.6. The lowest BCUT2D eigenvalue weighted by atomic mass is 9.50. The van der Waals surface area contributed by atoms with E-state index in [-0.39, 0.29) is 52.8 Å². The van der Waals surface area contributed by atoms with Crippen LogP contribution < -0.4 is 0 Å². The Balaban J connectivity index is 0.000000134. The van der Waals surface area contributed by atoms with Crippen LogP contribution in [-0.4, -0.2) is 68.7 Å². The van der Waals surface area contributed by atoms with Gasteiger partial charge in [-0.05, 0) is 162 Å². The number of carbonyl (C=O) groups excluding carboxylic acids is 4. The quantitative estimate of drug-likeness (QED) is 0.170. The highest BCUT2D eigenvalue weighted by molar-refractivity contribution is 5.85. The maximum Gasteiger partial charge on any atom is 0.327 e. The first-order valence-electron chi connectivity index (χ1n) is 23.0. The molecule has 11 fully saturated rings. The number of esters is 4. The normalized spacial score (nSPS) is 44.1. The molecule has 2 N–H and O–H groups in total. The molecule has 7 unspecified atom stereocenters. The van der Waals surface area contributed by atoms with Gasteiger partial charge < -0.3 is 29.2 Å². The van der Waals surface area contributed by atoms with Gasteiger partial charge in [-0.3, -0.25) is 19.2 Å². The number of nitriles is 1. The van der Waals surface area contributed by atoms with Crippen molar-refractivity contribution in [1.29, 1.82) is 5.26 Å². The van der Waals surface area contributed by atoms with Gasteiger partial charge in [0.15, 0.2) is 5.41 Å². The van der Waals surface area contributed by atoms with E-state index in [9.17, 15) is 34.7 Å². The molecule has 0 spiro atoms. The second kappa shape index (κ2) is 14.7. The van der Waals surface area contributed by atoms with Gasteiger partial charge in [0.25, 0.3) is 0 Å². The summed E-state index contributed by atoms with van der Waals surface area (Å²) in [6.07, 6.45) is 13.0. The van der Waals surface area contributed by atoms with Crippen LogP contribution in [0.3, 0.4) is 0 Å². The third kappa shape index (κ3) is 7.65. The van der Waals surface area contributed by atoms with Crippen molar-refractivity contribution in [2.75, 3.05) is 0 Å². The van der Waals surface area contributed by atoms with Crippen LogP contribution >= 0.6 is 0 Å². The highest BCUT2D eigenvalue weighted by Crippen LogP contribution is 2.63. The van der Waals surface area contributed by atoms with E-state index in [0.717, 1.165) is 50.4 Å². The molecule has 10 bridgehead atoms. The molecule has 11 heteroatoms. The fourth-order valence-corrected chi connectivity index (χ4v) is 13.3. The molecule has 0 aromatic rings. The van der Waals surface area contributed by atoms with E-state index in [4.69, 9.17) is 18.9 Å². The molecule has 0 aromatic heterocycles. The summed E-state index contributed by atoms with van der Waals surface area (Å²) in [6, 6.07) is 2.15. The molecule has 1 heterocycles. The zero-order chi connectivity index (χ0) is 43.4. The summed E-state index contributed by atoms with van der Waals surface area (Å²) in [4.78, 5) is 49.0. The van der Waals surface area contributed by atoms with Crippen molar-refractivity contribution in [2.24, 2.45) is 63.1 Å². The molecule has 0 amide bonds. The lowest BCUT2D eigenvalue weighted by Crippen LogP contribution is -2.67. The van der Waals surface area contributed by atoms with Gasteiger partial charge in [0, 0.05) is 31.1 Å². The summed E-state index contributed by atoms with van der Waals surface area (Å²) < 4.78 is 23.0. The Morgan fingerprint density at radius 2 is 1.20 bits per heavy atom. The minimum atomic E-state index is -0.974. The minimum absolute atomic E-state index is 0.0185. The number of aliphatic hydroxyl groups is 2. The number of fused-ring (bicyclic) bond motifs is 1. The summed E-state index contributed by atoms with van der Waals surface area (Å²) in [7, 11) is 0. The average Bonchev–Trinajstić information content (AvgIpc) is 3.74. The summed E-state index contributed by atoms with van der Waals surface area (Å²) in [5.74, 6) is 2.50. The first-order valence-corrected chi connectivity index (χ1v) is 23.0. The van der Waals surface area contributed by atoms with Crippen molar-refractivity contribution in [1.82, 2.24) is 0 Å². The SMILES string of the molecule is CCC(C)(C)C(=O)OC1(C)C2CC3CC(C2)CC1C3.CCC(C)(C)C(=O)OC12CC3CC(O)(CC(O)(C3)C1)C2.CCC(C)(C)C(=O)OC1C2CC3C1OC(=O)C3(C#N)C2. The van der Waals surface area contributed by atoms with E-state index in [0.29, 0.717) is 43.9 Å². The minimum Gasteiger partial charge on any atom is -0.458 e. The molecule has 7 atom stereocenters. The van der Waals surface area contributed by atoms with Crippen molar-refractivity contribution in [3.05, 3.63) is 0 Å². The largest absolute Gasteiger partial charge is 0.458 e. The zero-order valence-electron chi connectivity index (χ0n) is 37.6. The van der Waals surface area contributed by atoms with E-state index in [1.165, 1.54) is 32.1 Å². The third-order valence-electron chi connectivity index (χ3n) is 17.7. The van der Waals surface area contributed by atoms with Gasteiger partial charge in [0.05, 0.1) is 33.5 Å². The van der Waals surface area contributed by atoms with Gasteiger partial charge >= 0.3 is 23.9 Å². The standard InChI is InChI=1S/C17H28O2.C16H26O4.C15H19NO4/c1-5-16(2,3)15(18)19-17(4)13-7-11-6-12(9-13)10-14(17)8-11;1-4-13(2,3)12(17)20-16-7-11-5-14(18,9-16)8-15(19,6-11)10-16;1-4-14(2,3)12(17)19-10-8-5-9-11(10)20-13(18)15(9,6-8)7-16/h11-14H,5-10H2,1-4H3;11,18-19H,4-10H2,1-3H3;8-11H,4-6H2,1-3H3. The van der Waals surface area contributed by atoms with Gasteiger partial charge in [-0.15, -0.1) is 0 Å². The smallest absolute Gasteiger partial charge is 0.327 e. The van der Waals surface area contributed by atoms with Gasteiger partial charge in [0.1, 0.15) is 23.4 Å². The van der Waals surface area contributed by atoms with Crippen LogP contribution in [0.25, 0.3) is 0 Å². The lowest BCUT2D eigenvalue weighted by Gasteiger charge is -2.62. The number of carbonyl (C=O) groups is 4. The Morgan fingerprint density at radius 3 is 1.68 bits per heavy atom. The number of hydrogen-bond acceptors (Lipinski definition) is 11. The van der Waals surface area contributed by atoms with Crippen molar-refractivity contribution in [3.8, 4) is 6.07 Å². The second-order valence-corrected chi connectivity index (χ2v) is 23.2. The molecule has 10 aliphatic carbocycles. The first-order chi connectivity index (χ1) is 27.3. The monoisotopic (exact) mass is 824 g/mol. The Hall–Kier alpha value is -2.71. The Bertz CT molecular complexity index is 1700. The predicted molar refractivity (Wildman–Crippen MR) is 218 cm³/mol. The topological polar surface area (TPSA) is 169 Å². The fraction of sp³-hybridized carbons (Fsp3) is 0.896. The van der Waals surface area contributed by atoms with Crippen molar-refractivity contribution < 1.29 is 48.3 Å². The molecule has 0 aromatic carbocycles. The molecule has 11 aliphatic rings. The predicted octanol–water partition coefficient (Wildman–Crippen LogP) is 8.15. The molecule has 11 nitrogen and oxygen atoms in total. The molecule has 1 saturated heterocycles. The van der Waals surface area contributed by atoms with Crippen molar-refractivity contribution in [3.63, 3.8) is 0 Å². The van der Waals surface area contributed by atoms with Crippen LogP contribution in [0.15, 0.2) is 0 Å². The molecular formula is C48H73NO10. The fourth-order valence-electron chi connectivity index (χ4n) is 13.3. The number of nitrogens with zero attached hydrogens (tertiary/aromatic N) is 1. The highest BCUT2D eigenvalue weighted by atomic mass is 16.6. The van der Waals surface area contributed by atoms with E-state index >= 15 is 0 Å². The highest BCUT2D eigenvalue weighted by Gasteiger charge is 2.72. The van der Waals surface area contributed by atoms with E-state index in [1.54, 1.807) is 0 Å². The number of hydrogen-bond donors (Lipinski definition) is 2. The Labute approximate surface area is 352 Å². The molecule has 59 heavy (non-hydrogen) atoms. The maximum atomic E-state index is 12.5. The van der Waals surface area contributed by atoms with Gasteiger partial charge in [0.2, 0.25) is 0 Å². The zero-order valence-corrected chi connectivity index (χ0v) is 37.6. The summed E-state index contributed by atoms with van der Waals surface area (Å²) in [5.41, 5.74) is -4.85. The van der Waals surface area contributed by atoms with Crippen LogP contribution in [0.4, 0.5) is 0 Å². The molecule has 0 radical (unpaired) electrons. The lowest BCUT2D eigenvalue weighted by molar-refractivity contribution is -0.264. The summed E-state index contributed by atoms with van der Waals surface area (Å²) >= 11 is 0. The van der Waals surface area contributed by atoms with E-state index in [1.807, 2.05) is 55.4 Å². The number of rotatable bonds is 9. The average molecular weight is 824 g/mol. The molecule has 1 aliphatic heterocycles. The van der Waals surface area contributed by atoms with Crippen molar-refractivity contribution >= 4 is 23.9 Å². The third-order valence-corrected chi connectivity index (χ3v) is 17.7. The van der Waals surface area contributed by atoms with Crippen LogP contribution in [0.1, 0.15) is 172 Å². The van der Waals surface area contributed by atoms with Crippen LogP contribution in [0.5, 0.6) is 0 Å². The number of ether oxygens (including phenoxy) is 4. The summed E-state index contributed by atoms with van der Waals surface area (Å²) in [6.45, 7) is 19.7. The Kier molecular flexibility index (Phi) is 11.0. The molecular weight excluding hydrogens is 751 g/mol. The van der Waals surface area contributed by atoms with E-state index < -0.39 is 45.1 Å². The van der Waals surface area contributed by atoms with Gasteiger partial charge in [-0.1, -0.05) is 20.8 Å². The first kappa shape index (κ1) is 44.3. The van der Waals surface area contributed by atoms with Crippen LogP contribution in [0, 0.1) is 74.4 Å². The van der Waals surface area contributed by atoms with Crippen LogP contribution in [-0.2, 0) is 38.1 Å².